The van der Waals surface area contributed by atoms with Gasteiger partial charge in [0.15, 0.2) is 5.65 Å². The molecule has 2 aliphatic heterocycles. The molecule has 2 amide bonds. The maximum Gasteiger partial charge on any atom is 0.240 e. The summed E-state index contributed by atoms with van der Waals surface area (Å²) in [6.45, 7) is 1.97. The van der Waals surface area contributed by atoms with Crippen LogP contribution in [0.15, 0.2) is 54.6 Å². The zero-order valence-electron chi connectivity index (χ0n) is 21.1. The monoisotopic (exact) mass is 563 g/mol. The topological polar surface area (TPSA) is 123 Å². The Bertz CT molecular complexity index is 1580. The van der Waals surface area contributed by atoms with Crippen LogP contribution in [0.2, 0.25) is 10.0 Å². The molecule has 200 valence electrons. The van der Waals surface area contributed by atoms with Crippen molar-refractivity contribution in [2.45, 2.75) is 25.3 Å². The highest BCUT2D eigenvalue weighted by atomic mass is 35.5. The summed E-state index contributed by atoms with van der Waals surface area (Å²) in [5.41, 5.74) is 15.0. The molecular formula is C28H27Cl2N7O2. The van der Waals surface area contributed by atoms with Crippen molar-refractivity contribution >= 4 is 52.3 Å². The second-order valence-electron chi connectivity index (χ2n) is 10.1. The smallest absolute Gasteiger partial charge is 0.240 e. The van der Waals surface area contributed by atoms with E-state index in [1.54, 1.807) is 0 Å². The minimum atomic E-state index is -0.434. The van der Waals surface area contributed by atoms with E-state index in [4.69, 9.17) is 44.8 Å². The lowest BCUT2D eigenvalue weighted by molar-refractivity contribution is -0.119. The first-order valence-corrected chi connectivity index (χ1v) is 13.6. The Balaban J connectivity index is 1.59. The Kier molecular flexibility index (Phi) is 6.56. The fourth-order valence-electron chi connectivity index (χ4n) is 5.59. The van der Waals surface area contributed by atoms with Gasteiger partial charge < -0.3 is 21.3 Å². The minimum absolute atomic E-state index is 0.161. The lowest BCUT2D eigenvalue weighted by atomic mass is 9.96. The lowest BCUT2D eigenvalue weighted by Gasteiger charge is -2.40. The molecule has 0 spiro atoms. The van der Waals surface area contributed by atoms with Crippen molar-refractivity contribution in [3.8, 4) is 22.4 Å². The van der Waals surface area contributed by atoms with Crippen LogP contribution in [0.1, 0.15) is 19.3 Å². The van der Waals surface area contributed by atoms with Gasteiger partial charge in [-0.1, -0.05) is 53.5 Å². The van der Waals surface area contributed by atoms with Crippen LogP contribution in [-0.4, -0.2) is 52.1 Å². The predicted molar refractivity (Wildman–Crippen MR) is 153 cm³/mol. The van der Waals surface area contributed by atoms with E-state index in [1.165, 1.54) is 0 Å². The van der Waals surface area contributed by atoms with Crippen LogP contribution in [0.3, 0.4) is 0 Å². The molecule has 2 fully saturated rings. The average Bonchev–Trinajstić information content (AvgIpc) is 3.52. The Labute approximate surface area is 235 Å². The summed E-state index contributed by atoms with van der Waals surface area (Å²) >= 11 is 12.9. The number of anilines is 2. The Morgan fingerprint density at radius 3 is 2.46 bits per heavy atom. The number of hydrogen-bond acceptors (Lipinski definition) is 6. The summed E-state index contributed by atoms with van der Waals surface area (Å²) in [6.07, 6.45) is 1.85. The van der Waals surface area contributed by atoms with Gasteiger partial charge in [-0.3, -0.25) is 9.59 Å². The molecule has 4 heterocycles. The first-order valence-electron chi connectivity index (χ1n) is 12.8. The van der Waals surface area contributed by atoms with Gasteiger partial charge in [-0.2, -0.15) is 9.61 Å². The van der Waals surface area contributed by atoms with Crippen molar-refractivity contribution < 1.29 is 9.59 Å². The molecule has 39 heavy (non-hydrogen) atoms. The van der Waals surface area contributed by atoms with E-state index >= 15 is 0 Å². The molecule has 6 rings (SSSR count). The largest absolute Gasteiger partial charge is 0.370 e. The second-order valence-corrected chi connectivity index (χ2v) is 11.0. The van der Waals surface area contributed by atoms with Crippen molar-refractivity contribution in [1.29, 1.82) is 0 Å². The summed E-state index contributed by atoms with van der Waals surface area (Å²) < 4.78 is 1.82. The van der Waals surface area contributed by atoms with E-state index in [-0.39, 0.29) is 17.7 Å². The number of aromatic nitrogens is 3. The van der Waals surface area contributed by atoms with Crippen LogP contribution in [0.25, 0.3) is 28.0 Å². The Hall–Kier alpha value is -3.82. The molecule has 0 bridgehead atoms. The normalized spacial score (nSPS) is 17.5. The molecule has 2 aromatic heterocycles. The van der Waals surface area contributed by atoms with Crippen molar-refractivity contribution in [2.75, 3.05) is 29.4 Å². The summed E-state index contributed by atoms with van der Waals surface area (Å²) in [5.74, 6) is 0.932. The van der Waals surface area contributed by atoms with Gasteiger partial charge in [0.1, 0.15) is 23.4 Å². The van der Waals surface area contributed by atoms with Crippen LogP contribution in [0.5, 0.6) is 0 Å². The number of halogens is 2. The summed E-state index contributed by atoms with van der Waals surface area (Å²) in [7, 11) is 0. The maximum atomic E-state index is 12.3. The van der Waals surface area contributed by atoms with Crippen molar-refractivity contribution in [3.05, 3.63) is 64.6 Å². The van der Waals surface area contributed by atoms with Crippen molar-refractivity contribution in [2.24, 2.45) is 17.4 Å². The van der Waals surface area contributed by atoms with Gasteiger partial charge in [-0.05, 0) is 36.6 Å². The third-order valence-corrected chi connectivity index (χ3v) is 8.05. The third-order valence-electron chi connectivity index (χ3n) is 7.47. The van der Waals surface area contributed by atoms with E-state index in [2.05, 4.69) is 4.90 Å². The summed E-state index contributed by atoms with van der Waals surface area (Å²) in [5, 5.41) is 6.23. The van der Waals surface area contributed by atoms with Crippen LogP contribution in [-0.2, 0) is 9.59 Å². The zero-order valence-corrected chi connectivity index (χ0v) is 22.6. The molecule has 4 aromatic rings. The molecule has 9 nitrogen and oxygen atoms in total. The number of nitrogens with zero attached hydrogens (tertiary/aromatic N) is 5. The van der Waals surface area contributed by atoms with Gasteiger partial charge >= 0.3 is 0 Å². The van der Waals surface area contributed by atoms with E-state index < -0.39 is 6.04 Å². The highest BCUT2D eigenvalue weighted by molar-refractivity contribution is 6.33. The standard InChI is InChI=1S/C28H27Cl2N7O2/c29-18-9-7-17(8-10-18)25-26(19-4-1-2-5-20(19)30)34-37-24(35-14-16(15-35)12-22(31)38)13-23(33-28(25)37)36-11-3-6-21(36)27(32)39/h1-2,4-5,7-10,13,16,21H,3,6,11-12,14-15H2,(H2,31,38)(H2,32,39)/t21-/m0/s1. The first-order chi connectivity index (χ1) is 18.8. The number of hydrogen-bond donors (Lipinski definition) is 2. The minimum Gasteiger partial charge on any atom is -0.370 e. The van der Waals surface area contributed by atoms with E-state index in [0.717, 1.165) is 28.9 Å². The Morgan fingerprint density at radius 1 is 1.03 bits per heavy atom. The van der Waals surface area contributed by atoms with Crippen LogP contribution in [0.4, 0.5) is 11.6 Å². The number of fused-ring (bicyclic) bond motifs is 1. The van der Waals surface area contributed by atoms with E-state index in [9.17, 15) is 9.59 Å². The maximum absolute atomic E-state index is 12.3. The molecule has 0 unspecified atom stereocenters. The van der Waals surface area contributed by atoms with Gasteiger partial charge in [-0.15, -0.1) is 0 Å². The molecule has 2 saturated heterocycles. The SMILES string of the molecule is NC(=O)CC1CN(c2cc(N3CCC[C@H]3C(N)=O)nc3c(-c4ccc(Cl)cc4)c(-c4ccccc4Cl)nn23)C1. The average molecular weight is 564 g/mol. The molecule has 1 atom stereocenters. The lowest BCUT2D eigenvalue weighted by Crippen LogP contribution is -2.49. The van der Waals surface area contributed by atoms with Gasteiger partial charge in [0.05, 0.1) is 10.6 Å². The first kappa shape index (κ1) is 25.5. The highest BCUT2D eigenvalue weighted by Gasteiger charge is 2.35. The molecule has 0 radical (unpaired) electrons. The number of carbonyl (C=O) groups excluding carboxylic acids is 2. The van der Waals surface area contributed by atoms with E-state index in [0.29, 0.717) is 59.7 Å². The van der Waals surface area contributed by atoms with Crippen molar-refractivity contribution in [1.82, 2.24) is 14.6 Å². The fraction of sp³-hybridized carbons (Fsp3) is 0.286. The number of rotatable bonds is 7. The molecule has 2 aromatic carbocycles. The number of primary amides is 2. The van der Waals surface area contributed by atoms with Crippen LogP contribution >= 0.6 is 23.2 Å². The van der Waals surface area contributed by atoms with Gasteiger partial charge in [0, 0.05) is 48.6 Å². The number of amides is 2. The fourth-order valence-corrected chi connectivity index (χ4v) is 5.94. The number of carbonyl (C=O) groups is 2. The van der Waals surface area contributed by atoms with Gasteiger partial charge in [0.25, 0.3) is 0 Å². The second kappa shape index (κ2) is 10.1. The molecule has 11 heteroatoms. The molecule has 2 aliphatic rings. The van der Waals surface area contributed by atoms with Gasteiger partial charge in [0.2, 0.25) is 11.8 Å². The van der Waals surface area contributed by atoms with Crippen LogP contribution < -0.4 is 21.3 Å². The highest BCUT2D eigenvalue weighted by Crippen LogP contribution is 2.41. The van der Waals surface area contributed by atoms with E-state index in [1.807, 2.05) is 64.0 Å². The summed E-state index contributed by atoms with van der Waals surface area (Å²) in [6, 6.07) is 16.6. The molecule has 0 aliphatic carbocycles. The zero-order chi connectivity index (χ0) is 27.3. The van der Waals surface area contributed by atoms with Crippen molar-refractivity contribution in [3.63, 3.8) is 0 Å². The molecular weight excluding hydrogens is 537 g/mol. The van der Waals surface area contributed by atoms with Crippen LogP contribution in [0, 0.1) is 5.92 Å². The molecule has 0 saturated carbocycles. The number of nitrogens with two attached hydrogens (primary N) is 2. The third kappa shape index (κ3) is 4.66. The number of benzene rings is 2. The predicted octanol–water partition coefficient (Wildman–Crippen LogP) is 4.14. The summed E-state index contributed by atoms with van der Waals surface area (Å²) in [4.78, 5) is 33.0. The van der Waals surface area contributed by atoms with Gasteiger partial charge in [-0.25, -0.2) is 4.98 Å². The quantitative estimate of drug-likeness (QED) is 0.348. The molecule has 4 N–H and O–H groups in total. The Morgan fingerprint density at radius 2 is 1.77 bits per heavy atom.